The molecule has 1 fully saturated rings. The fraction of sp³-hybridized carbons (Fsp3) is 0.562. The van der Waals surface area contributed by atoms with Crippen LogP contribution in [0.3, 0.4) is 0 Å². The Kier molecular flexibility index (Phi) is 4.59. The number of carbonyl (C=O) groups is 1. The van der Waals surface area contributed by atoms with Crippen LogP contribution in [0, 0.1) is 19.8 Å². The number of amides is 1. The first kappa shape index (κ1) is 14.1. The zero-order valence-corrected chi connectivity index (χ0v) is 11.9. The van der Waals surface area contributed by atoms with Gasteiger partial charge < -0.3 is 11.1 Å². The van der Waals surface area contributed by atoms with E-state index in [-0.39, 0.29) is 11.9 Å². The van der Waals surface area contributed by atoms with Crippen molar-refractivity contribution in [2.45, 2.75) is 45.6 Å². The number of hydrogen-bond donors (Lipinski definition) is 2. The van der Waals surface area contributed by atoms with Gasteiger partial charge in [0.05, 0.1) is 0 Å². The molecule has 104 valence electrons. The summed E-state index contributed by atoms with van der Waals surface area (Å²) in [5, 5.41) is 3.19. The van der Waals surface area contributed by atoms with E-state index in [9.17, 15) is 4.79 Å². The summed E-state index contributed by atoms with van der Waals surface area (Å²) in [7, 11) is 0. The molecule has 1 aliphatic carbocycles. The third-order valence-corrected chi connectivity index (χ3v) is 4.38. The summed E-state index contributed by atoms with van der Waals surface area (Å²) in [4.78, 5) is 12.4. The zero-order chi connectivity index (χ0) is 13.8. The Labute approximate surface area is 115 Å². The molecule has 1 aromatic rings. The Morgan fingerprint density at radius 3 is 2.79 bits per heavy atom. The van der Waals surface area contributed by atoms with Crippen molar-refractivity contribution in [3.8, 4) is 0 Å². The van der Waals surface area contributed by atoms with Crippen molar-refractivity contribution in [2.75, 3.05) is 6.54 Å². The van der Waals surface area contributed by atoms with Crippen molar-refractivity contribution in [3.63, 3.8) is 0 Å². The van der Waals surface area contributed by atoms with Gasteiger partial charge in [0.15, 0.2) is 0 Å². The van der Waals surface area contributed by atoms with Gasteiger partial charge in [-0.1, -0.05) is 25.0 Å². The minimum Gasteiger partial charge on any atom is -0.349 e. The molecule has 1 amide bonds. The van der Waals surface area contributed by atoms with Crippen LogP contribution in [-0.2, 0) is 0 Å². The molecule has 2 unspecified atom stereocenters. The highest BCUT2D eigenvalue weighted by molar-refractivity contribution is 5.96. The monoisotopic (exact) mass is 260 g/mol. The maximum atomic E-state index is 12.4. The molecule has 0 aromatic heterocycles. The maximum Gasteiger partial charge on any atom is 0.251 e. The lowest BCUT2D eigenvalue weighted by Crippen LogP contribution is -2.44. The van der Waals surface area contributed by atoms with E-state index in [1.807, 2.05) is 32.0 Å². The summed E-state index contributed by atoms with van der Waals surface area (Å²) in [6.07, 6.45) is 4.61. The Morgan fingerprint density at radius 1 is 1.32 bits per heavy atom. The van der Waals surface area contributed by atoms with E-state index in [0.717, 1.165) is 29.5 Å². The first-order valence-electron chi connectivity index (χ1n) is 7.20. The van der Waals surface area contributed by atoms with E-state index in [2.05, 4.69) is 5.32 Å². The van der Waals surface area contributed by atoms with Gasteiger partial charge in [-0.2, -0.15) is 0 Å². The van der Waals surface area contributed by atoms with E-state index in [1.165, 1.54) is 12.8 Å². The molecule has 0 aliphatic heterocycles. The fourth-order valence-corrected chi connectivity index (χ4v) is 2.92. The average Bonchev–Trinajstić information content (AvgIpc) is 2.42. The number of rotatable bonds is 3. The molecule has 0 saturated heterocycles. The van der Waals surface area contributed by atoms with Gasteiger partial charge in [-0.25, -0.2) is 0 Å². The van der Waals surface area contributed by atoms with Crippen molar-refractivity contribution in [3.05, 3.63) is 34.9 Å². The lowest BCUT2D eigenvalue weighted by molar-refractivity contribution is 0.0907. The Bertz CT molecular complexity index is 456. The number of hydrogen-bond acceptors (Lipinski definition) is 2. The minimum absolute atomic E-state index is 0.0477. The van der Waals surface area contributed by atoms with Crippen LogP contribution in [0.5, 0.6) is 0 Å². The van der Waals surface area contributed by atoms with E-state index in [0.29, 0.717) is 12.5 Å². The van der Waals surface area contributed by atoms with Crippen LogP contribution in [0.15, 0.2) is 18.2 Å². The Hall–Kier alpha value is -1.35. The summed E-state index contributed by atoms with van der Waals surface area (Å²) >= 11 is 0. The van der Waals surface area contributed by atoms with Crippen molar-refractivity contribution >= 4 is 5.91 Å². The molecule has 3 heteroatoms. The van der Waals surface area contributed by atoms with Crippen LogP contribution >= 0.6 is 0 Å². The average molecular weight is 260 g/mol. The highest BCUT2D eigenvalue weighted by atomic mass is 16.1. The van der Waals surface area contributed by atoms with Gasteiger partial charge in [0, 0.05) is 11.6 Å². The molecule has 0 spiro atoms. The molecular formula is C16H24N2O. The maximum absolute atomic E-state index is 12.4. The number of nitrogens with one attached hydrogen (secondary N) is 1. The molecule has 1 aromatic carbocycles. The van der Waals surface area contributed by atoms with Gasteiger partial charge in [-0.05, 0) is 56.3 Å². The molecule has 1 saturated carbocycles. The molecule has 0 radical (unpaired) electrons. The van der Waals surface area contributed by atoms with Crippen LogP contribution in [0.2, 0.25) is 0 Å². The second kappa shape index (κ2) is 6.20. The zero-order valence-electron chi connectivity index (χ0n) is 11.9. The summed E-state index contributed by atoms with van der Waals surface area (Å²) in [5.41, 5.74) is 8.83. The number of benzene rings is 1. The topological polar surface area (TPSA) is 55.1 Å². The molecule has 0 heterocycles. The van der Waals surface area contributed by atoms with Gasteiger partial charge in [-0.15, -0.1) is 0 Å². The molecule has 1 aliphatic rings. The smallest absolute Gasteiger partial charge is 0.251 e. The second-order valence-corrected chi connectivity index (χ2v) is 5.61. The first-order valence-corrected chi connectivity index (χ1v) is 7.20. The number of aryl methyl sites for hydroxylation is 1. The van der Waals surface area contributed by atoms with Crippen molar-refractivity contribution in [2.24, 2.45) is 11.7 Å². The van der Waals surface area contributed by atoms with E-state index in [1.54, 1.807) is 0 Å². The van der Waals surface area contributed by atoms with Crippen LogP contribution in [0.1, 0.15) is 47.2 Å². The SMILES string of the molecule is Cc1cccc(C(=O)NC2CCCCC2CN)c1C. The van der Waals surface area contributed by atoms with Crippen LogP contribution in [-0.4, -0.2) is 18.5 Å². The number of carbonyl (C=O) groups excluding carboxylic acids is 1. The molecule has 2 atom stereocenters. The van der Waals surface area contributed by atoms with Crippen LogP contribution in [0.25, 0.3) is 0 Å². The third kappa shape index (κ3) is 3.16. The summed E-state index contributed by atoms with van der Waals surface area (Å²) in [6, 6.07) is 6.12. The minimum atomic E-state index is 0.0477. The first-order chi connectivity index (χ1) is 9.13. The van der Waals surface area contributed by atoms with Crippen molar-refractivity contribution in [1.82, 2.24) is 5.32 Å². The Balaban J connectivity index is 2.09. The molecule has 3 nitrogen and oxygen atoms in total. The molecule has 19 heavy (non-hydrogen) atoms. The predicted molar refractivity (Wildman–Crippen MR) is 78.2 cm³/mol. The van der Waals surface area contributed by atoms with Gasteiger partial charge in [-0.3, -0.25) is 4.79 Å². The van der Waals surface area contributed by atoms with Crippen molar-refractivity contribution < 1.29 is 4.79 Å². The van der Waals surface area contributed by atoms with E-state index < -0.39 is 0 Å². The normalized spacial score (nSPS) is 23.1. The van der Waals surface area contributed by atoms with Crippen LogP contribution < -0.4 is 11.1 Å². The van der Waals surface area contributed by atoms with Gasteiger partial charge in [0.25, 0.3) is 5.91 Å². The third-order valence-electron chi connectivity index (χ3n) is 4.38. The second-order valence-electron chi connectivity index (χ2n) is 5.61. The molecule has 3 N–H and O–H groups in total. The van der Waals surface area contributed by atoms with Crippen molar-refractivity contribution in [1.29, 1.82) is 0 Å². The lowest BCUT2D eigenvalue weighted by Gasteiger charge is -2.31. The van der Waals surface area contributed by atoms with Crippen LogP contribution in [0.4, 0.5) is 0 Å². The summed E-state index contributed by atoms with van der Waals surface area (Å²) < 4.78 is 0. The van der Waals surface area contributed by atoms with Gasteiger partial charge >= 0.3 is 0 Å². The molecule has 0 bridgehead atoms. The van der Waals surface area contributed by atoms with E-state index >= 15 is 0 Å². The highest BCUT2D eigenvalue weighted by Gasteiger charge is 2.26. The standard InChI is InChI=1S/C16H24N2O/c1-11-6-5-8-14(12(11)2)16(19)18-15-9-4-3-7-13(15)10-17/h5-6,8,13,15H,3-4,7,9-10,17H2,1-2H3,(H,18,19). The summed E-state index contributed by atoms with van der Waals surface area (Å²) in [5.74, 6) is 0.481. The predicted octanol–water partition coefficient (Wildman–Crippen LogP) is 2.55. The largest absolute Gasteiger partial charge is 0.349 e. The fourth-order valence-electron chi connectivity index (χ4n) is 2.92. The molecular weight excluding hydrogens is 236 g/mol. The van der Waals surface area contributed by atoms with E-state index in [4.69, 9.17) is 5.73 Å². The molecule has 2 rings (SSSR count). The van der Waals surface area contributed by atoms with Gasteiger partial charge in [0.2, 0.25) is 0 Å². The lowest BCUT2D eigenvalue weighted by atomic mass is 9.84. The highest BCUT2D eigenvalue weighted by Crippen LogP contribution is 2.24. The quantitative estimate of drug-likeness (QED) is 0.877. The Morgan fingerprint density at radius 2 is 2.05 bits per heavy atom. The summed E-state index contributed by atoms with van der Waals surface area (Å²) in [6.45, 7) is 4.71. The number of nitrogens with two attached hydrogens (primary N) is 1. The van der Waals surface area contributed by atoms with Gasteiger partial charge in [0.1, 0.15) is 0 Å².